The van der Waals surface area contributed by atoms with Crippen LogP contribution in [0.1, 0.15) is 60.2 Å². The molecular formula is C25H27FN2O3. The number of pyridine rings is 1. The highest BCUT2D eigenvalue weighted by Crippen LogP contribution is 2.47. The van der Waals surface area contributed by atoms with Gasteiger partial charge in [0.05, 0.1) is 23.9 Å². The van der Waals surface area contributed by atoms with Crippen molar-refractivity contribution in [2.24, 2.45) is 5.92 Å². The van der Waals surface area contributed by atoms with Crippen LogP contribution in [0.3, 0.4) is 0 Å². The third-order valence-corrected chi connectivity index (χ3v) is 7.38. The second-order valence-electron chi connectivity index (χ2n) is 8.90. The molecule has 0 N–H and O–H groups in total. The molecule has 1 aliphatic carbocycles. The van der Waals surface area contributed by atoms with Crippen molar-refractivity contribution in [3.63, 3.8) is 0 Å². The van der Waals surface area contributed by atoms with Crippen molar-refractivity contribution in [3.8, 4) is 0 Å². The van der Waals surface area contributed by atoms with Gasteiger partial charge in [0.15, 0.2) is 0 Å². The maximum Gasteiger partial charge on any atom is 0.252 e. The number of aryl methyl sites for hydroxylation is 2. The van der Waals surface area contributed by atoms with Gasteiger partial charge in [-0.15, -0.1) is 0 Å². The minimum absolute atomic E-state index is 0.0685. The van der Waals surface area contributed by atoms with Crippen LogP contribution in [0.2, 0.25) is 0 Å². The molecule has 2 unspecified atom stereocenters. The lowest BCUT2D eigenvalue weighted by Crippen LogP contribution is -2.38. The van der Waals surface area contributed by atoms with Crippen LogP contribution >= 0.6 is 0 Å². The molecule has 0 spiro atoms. The van der Waals surface area contributed by atoms with Gasteiger partial charge < -0.3 is 14.4 Å². The number of ether oxygens (including phenoxy) is 1. The van der Waals surface area contributed by atoms with Crippen molar-refractivity contribution >= 4 is 23.1 Å². The third kappa shape index (κ3) is 2.88. The van der Waals surface area contributed by atoms with Gasteiger partial charge in [-0.3, -0.25) is 9.78 Å². The molecule has 1 amide bonds. The largest absolute Gasteiger partial charge is 0.380 e. The molecule has 1 aromatic carbocycles. The van der Waals surface area contributed by atoms with Gasteiger partial charge in [-0.25, -0.2) is 4.39 Å². The van der Waals surface area contributed by atoms with E-state index in [1.54, 1.807) is 13.2 Å². The van der Waals surface area contributed by atoms with E-state index >= 15 is 0 Å². The van der Waals surface area contributed by atoms with Gasteiger partial charge in [0.1, 0.15) is 12.1 Å². The number of fused-ring (bicyclic) bond motifs is 4. The number of benzene rings is 1. The fourth-order valence-corrected chi connectivity index (χ4v) is 5.79. The number of carbonyl (C=O) groups is 2. The van der Waals surface area contributed by atoms with Gasteiger partial charge in [-0.05, 0) is 66.9 Å². The number of hydrogen-bond acceptors (Lipinski definition) is 4. The first-order valence-electron chi connectivity index (χ1n) is 11.1. The summed E-state index contributed by atoms with van der Waals surface area (Å²) in [5.74, 6) is -0.584. The molecule has 0 saturated heterocycles. The molecule has 2 atom stereocenters. The minimum Gasteiger partial charge on any atom is -0.380 e. The zero-order chi connectivity index (χ0) is 21.9. The van der Waals surface area contributed by atoms with E-state index in [-0.39, 0.29) is 30.3 Å². The van der Waals surface area contributed by atoms with Crippen LogP contribution < -0.4 is 0 Å². The summed E-state index contributed by atoms with van der Waals surface area (Å²) >= 11 is 0. The van der Waals surface area contributed by atoms with E-state index in [0.29, 0.717) is 36.0 Å². The Morgan fingerprint density at radius 2 is 2.10 bits per heavy atom. The number of aromatic nitrogens is 1. The predicted octanol–water partition coefficient (Wildman–Crippen LogP) is 4.13. The van der Waals surface area contributed by atoms with Crippen LogP contribution in [0.25, 0.3) is 10.9 Å². The van der Waals surface area contributed by atoms with Gasteiger partial charge in [0.25, 0.3) is 5.91 Å². The van der Waals surface area contributed by atoms with Crippen molar-refractivity contribution in [3.05, 3.63) is 51.0 Å². The number of halogens is 1. The highest BCUT2D eigenvalue weighted by Gasteiger charge is 2.44. The normalized spacial score (nSPS) is 20.8. The van der Waals surface area contributed by atoms with Crippen molar-refractivity contribution < 1.29 is 18.7 Å². The zero-order valence-electron chi connectivity index (χ0n) is 18.3. The van der Waals surface area contributed by atoms with E-state index in [2.05, 4.69) is 0 Å². The molecule has 3 aliphatic rings. The molecule has 1 aromatic heterocycles. The number of amides is 1. The molecule has 5 nitrogen and oxygen atoms in total. The van der Waals surface area contributed by atoms with E-state index in [1.807, 2.05) is 18.7 Å². The van der Waals surface area contributed by atoms with Crippen molar-refractivity contribution in [2.75, 3.05) is 13.7 Å². The molecule has 6 heteroatoms. The monoisotopic (exact) mass is 422 g/mol. The van der Waals surface area contributed by atoms with Gasteiger partial charge in [0, 0.05) is 36.6 Å². The second kappa shape index (κ2) is 7.52. The molecule has 5 rings (SSSR count). The Morgan fingerprint density at radius 3 is 2.81 bits per heavy atom. The fourth-order valence-electron chi connectivity index (χ4n) is 5.79. The molecule has 2 aromatic rings. The predicted molar refractivity (Wildman–Crippen MR) is 115 cm³/mol. The third-order valence-electron chi connectivity index (χ3n) is 7.38. The Hall–Kier alpha value is -2.60. The summed E-state index contributed by atoms with van der Waals surface area (Å²) < 4.78 is 20.0. The number of rotatable bonds is 5. The zero-order valence-corrected chi connectivity index (χ0v) is 18.3. The summed E-state index contributed by atoms with van der Waals surface area (Å²) in [6.07, 6.45) is 4.91. The van der Waals surface area contributed by atoms with Gasteiger partial charge in [-0.1, -0.05) is 6.92 Å². The highest BCUT2D eigenvalue weighted by molar-refractivity contribution is 5.98. The van der Waals surface area contributed by atoms with E-state index in [4.69, 9.17) is 9.72 Å². The lowest BCUT2D eigenvalue weighted by molar-refractivity contribution is -0.131. The SMILES string of the molecule is CCC(C=O)C1=C(COC)C(=O)N2Cc3c(nc4cc(F)c(C)c5c4c3CCC5)C2C1. The van der Waals surface area contributed by atoms with Crippen molar-refractivity contribution in [1.82, 2.24) is 9.88 Å². The summed E-state index contributed by atoms with van der Waals surface area (Å²) in [7, 11) is 1.57. The summed E-state index contributed by atoms with van der Waals surface area (Å²) in [6.45, 7) is 4.52. The van der Waals surface area contributed by atoms with Crippen LogP contribution in [0, 0.1) is 18.7 Å². The Bertz CT molecular complexity index is 1150. The van der Waals surface area contributed by atoms with Gasteiger partial charge in [-0.2, -0.15) is 0 Å². The molecule has 31 heavy (non-hydrogen) atoms. The average Bonchev–Trinajstić information content (AvgIpc) is 3.14. The molecular weight excluding hydrogens is 395 g/mol. The fraction of sp³-hybridized carbons (Fsp3) is 0.480. The number of hydrogen-bond donors (Lipinski definition) is 0. The van der Waals surface area contributed by atoms with E-state index < -0.39 is 0 Å². The van der Waals surface area contributed by atoms with Crippen LogP contribution in [0.4, 0.5) is 4.39 Å². The number of nitrogens with zero attached hydrogens (tertiary/aromatic N) is 2. The first kappa shape index (κ1) is 20.3. The summed E-state index contributed by atoms with van der Waals surface area (Å²) in [5, 5.41) is 1.08. The number of carbonyl (C=O) groups excluding carboxylic acids is 2. The van der Waals surface area contributed by atoms with Gasteiger partial charge >= 0.3 is 0 Å². The van der Waals surface area contributed by atoms with Crippen LogP contribution in [0.5, 0.6) is 0 Å². The van der Waals surface area contributed by atoms with Crippen LogP contribution in [0.15, 0.2) is 17.2 Å². The lowest BCUT2D eigenvalue weighted by atomic mass is 9.82. The molecule has 162 valence electrons. The second-order valence-corrected chi connectivity index (χ2v) is 8.90. The van der Waals surface area contributed by atoms with Crippen molar-refractivity contribution in [2.45, 2.75) is 58.5 Å². The Morgan fingerprint density at radius 1 is 1.32 bits per heavy atom. The number of aldehydes is 1. The summed E-state index contributed by atoms with van der Waals surface area (Å²) in [5.41, 5.74) is 7.16. The highest BCUT2D eigenvalue weighted by atomic mass is 19.1. The minimum atomic E-state index is -0.300. The van der Waals surface area contributed by atoms with Crippen LogP contribution in [-0.4, -0.2) is 35.8 Å². The number of methoxy groups -OCH3 is 1. The maximum atomic E-state index is 14.6. The molecule has 0 fully saturated rings. The molecule has 0 radical (unpaired) electrons. The van der Waals surface area contributed by atoms with E-state index in [0.717, 1.165) is 53.3 Å². The van der Waals surface area contributed by atoms with E-state index in [9.17, 15) is 14.0 Å². The van der Waals surface area contributed by atoms with Crippen molar-refractivity contribution in [1.29, 1.82) is 0 Å². The Labute approximate surface area is 181 Å². The van der Waals surface area contributed by atoms with E-state index in [1.165, 1.54) is 5.56 Å². The van der Waals surface area contributed by atoms with Crippen LogP contribution in [-0.2, 0) is 33.7 Å². The Balaban J connectivity index is 1.69. The smallest absolute Gasteiger partial charge is 0.252 e. The Kier molecular flexibility index (Phi) is 4.93. The first-order chi connectivity index (χ1) is 15.0. The summed E-state index contributed by atoms with van der Waals surface area (Å²) in [6, 6.07) is 1.34. The average molecular weight is 423 g/mol. The maximum absolute atomic E-state index is 14.6. The lowest BCUT2D eigenvalue weighted by Gasteiger charge is -2.34. The first-order valence-corrected chi connectivity index (χ1v) is 11.1. The topological polar surface area (TPSA) is 59.5 Å². The molecule has 3 heterocycles. The molecule has 2 aliphatic heterocycles. The standard InChI is InChI=1S/C25H27FN2O3/c1-4-14(11-29)17-8-22-24-18(10-28(22)25(30)19(17)12-31-3)16-7-5-6-15-13(2)20(26)9-21(27-24)23(15)16/h9,11,14,22H,4-8,10,12H2,1-3H3. The molecule has 0 bridgehead atoms. The summed E-state index contributed by atoms with van der Waals surface area (Å²) in [4.78, 5) is 32.0. The molecule has 0 saturated carbocycles. The van der Waals surface area contributed by atoms with Gasteiger partial charge in [0.2, 0.25) is 0 Å². The quantitative estimate of drug-likeness (QED) is 0.680.